The van der Waals surface area contributed by atoms with Crippen molar-refractivity contribution in [2.75, 3.05) is 7.11 Å². The van der Waals surface area contributed by atoms with Crippen LogP contribution in [0, 0.1) is 0 Å². The third-order valence-electron chi connectivity index (χ3n) is 9.86. The summed E-state index contributed by atoms with van der Waals surface area (Å²) in [5.74, 6) is 2.16. The molecule has 5 aromatic carbocycles. The summed E-state index contributed by atoms with van der Waals surface area (Å²) in [5, 5.41) is 0. The third-order valence-corrected chi connectivity index (χ3v) is 14.0. The molecule has 0 aliphatic carbocycles. The summed E-state index contributed by atoms with van der Waals surface area (Å²) in [7, 11) is 1.59. The smallest absolute Gasteiger partial charge is 0.250 e. The van der Waals surface area contributed by atoms with Gasteiger partial charge in [0.2, 0.25) is 15.2 Å². The molecule has 80 heavy (non-hydrogen) atoms. The van der Waals surface area contributed by atoms with Crippen LogP contribution in [0.1, 0.15) is 68.6 Å². The van der Waals surface area contributed by atoms with Crippen LogP contribution in [0.3, 0.4) is 0 Å². The lowest BCUT2D eigenvalue weighted by Gasteiger charge is -2.17. The number of aromatic nitrogens is 9. The Balaban J connectivity index is 0.000000194. The monoisotopic (exact) mass is 1690 g/mol. The van der Waals surface area contributed by atoms with Crippen LogP contribution >= 0.6 is 235 Å². The van der Waals surface area contributed by atoms with E-state index in [9.17, 15) is 0 Å². The van der Waals surface area contributed by atoms with Crippen LogP contribution in [0.5, 0.6) is 5.75 Å². The summed E-state index contributed by atoms with van der Waals surface area (Å²) in [6, 6.07) is 43.0. The number of halogens is 18. The van der Waals surface area contributed by atoms with E-state index in [2.05, 4.69) is 165 Å². The molecule has 0 saturated carbocycles. The van der Waals surface area contributed by atoms with E-state index in [-0.39, 0.29) is 34.9 Å². The quantitative estimate of drug-likeness (QED) is 0.102. The second-order valence-corrected chi connectivity index (χ2v) is 38.4. The zero-order valence-electron chi connectivity index (χ0n) is 39.9. The minimum absolute atomic E-state index is 0.128. The fourth-order valence-electron chi connectivity index (χ4n) is 6.12. The summed E-state index contributed by atoms with van der Waals surface area (Å²) >= 11 is 91.2. The van der Waals surface area contributed by atoms with Crippen molar-refractivity contribution < 1.29 is 4.74 Å². The average Bonchev–Trinajstić information content (AvgIpc) is 3.42. The largest absolute Gasteiger partial charge is 0.497 e. The number of hydrogen-bond donors (Lipinski definition) is 0. The summed E-state index contributed by atoms with van der Waals surface area (Å²) < 4.78 is -3.95. The van der Waals surface area contributed by atoms with Gasteiger partial charge in [-0.1, -0.05) is 386 Å². The lowest BCUT2D eigenvalue weighted by molar-refractivity contribution is 0.415. The predicted molar refractivity (Wildman–Crippen MR) is 357 cm³/mol. The van der Waals surface area contributed by atoms with Gasteiger partial charge in [-0.25, -0.2) is 44.9 Å². The van der Waals surface area contributed by atoms with E-state index < -0.39 is 19.5 Å². The first-order chi connectivity index (χ1) is 37.3. The predicted octanol–water partition coefficient (Wildman–Crippen LogP) is 21.4. The van der Waals surface area contributed by atoms with Crippen molar-refractivity contribution in [1.82, 2.24) is 44.9 Å². The molecule has 10 nitrogen and oxygen atoms in total. The zero-order valence-corrected chi connectivity index (χ0v) is 58.5. The van der Waals surface area contributed by atoms with Crippen molar-refractivity contribution in [2.24, 2.45) is 0 Å². The molecule has 416 valence electrons. The molecule has 0 bridgehead atoms. The molecule has 0 aliphatic rings. The Kier molecular flexibility index (Phi) is 25.1. The molecule has 0 atom stereocenters. The zero-order chi connectivity index (χ0) is 58.7. The summed E-state index contributed by atoms with van der Waals surface area (Å²) in [6.45, 7) is 0. The van der Waals surface area contributed by atoms with Crippen molar-refractivity contribution in [2.45, 2.75) is 19.5 Å². The van der Waals surface area contributed by atoms with Gasteiger partial charge in [-0.15, -0.1) is 0 Å². The van der Waals surface area contributed by atoms with E-state index in [0.29, 0.717) is 23.0 Å². The van der Waals surface area contributed by atoms with E-state index in [1.807, 2.05) is 133 Å². The lowest BCUT2D eigenvalue weighted by Crippen LogP contribution is -2.16. The molecule has 28 heteroatoms. The Morgan fingerprint density at radius 2 is 0.575 bits per heavy atom. The third kappa shape index (κ3) is 21.8. The van der Waals surface area contributed by atoms with Crippen molar-refractivity contribution in [1.29, 1.82) is 0 Å². The molecular formula is C52H31Br6Cl12N9O. The van der Waals surface area contributed by atoms with E-state index in [1.54, 1.807) is 19.3 Å². The van der Waals surface area contributed by atoms with Gasteiger partial charge in [-0.3, -0.25) is 0 Å². The molecule has 0 aliphatic heterocycles. The standard InChI is InChI=1S/C19H11Br6N3.C19H11Cl6N3.C14H9Cl6N3O/c2*20-18(21,22)16-26-15(27-17(28-16)19(23,24)25)14-10-8-13(9-11-14)7-6-12-4-2-1-3-5-12;1-24-9-5-2-8(3-6-9)4-7-10-21-11(13(15,16)17)23-12(22-10)14(18,19)20/h2*1-11H;2-7H,1H3. The molecule has 3 heterocycles. The van der Waals surface area contributed by atoms with Crippen molar-refractivity contribution in [3.05, 3.63) is 202 Å². The maximum Gasteiger partial charge on any atom is 0.250 e. The van der Waals surface area contributed by atoms with Gasteiger partial charge in [0.15, 0.2) is 56.7 Å². The summed E-state index contributed by atoms with van der Waals surface area (Å²) in [5.41, 5.74) is 6.76. The molecule has 0 amide bonds. The second kappa shape index (κ2) is 29.7. The number of alkyl halides is 18. The average molecular weight is 1700 g/mol. The Hall–Kier alpha value is -1.49. The van der Waals surface area contributed by atoms with Crippen LogP contribution < -0.4 is 4.74 Å². The van der Waals surface area contributed by atoms with Crippen molar-refractivity contribution in [3.63, 3.8) is 0 Å². The fourth-order valence-corrected chi connectivity index (χ4v) is 8.20. The SMILES string of the molecule is BrC(Br)(Br)c1nc(-c2ccc(C=Cc3ccccc3)cc2)nc(C(Br)(Br)Br)n1.COc1ccc(C=Cc2nc(C(Cl)(Cl)Cl)nc(C(Cl)(Cl)Cl)n2)cc1.ClC(Cl)(Cl)c1nc(-c2ccc(C=Cc3ccccc3)cc2)nc(C(Cl)(Cl)Cl)n1. The number of rotatable bonds is 9. The minimum Gasteiger partial charge on any atom is -0.497 e. The van der Waals surface area contributed by atoms with Gasteiger partial charge in [0, 0.05) is 11.1 Å². The highest BCUT2D eigenvalue weighted by Crippen LogP contribution is 2.47. The van der Waals surface area contributed by atoms with Crippen LogP contribution in [0.2, 0.25) is 0 Å². The maximum atomic E-state index is 5.90. The first-order valence-electron chi connectivity index (χ1n) is 22.1. The molecule has 0 saturated heterocycles. The molecule has 0 spiro atoms. The van der Waals surface area contributed by atoms with Crippen molar-refractivity contribution in [3.8, 4) is 28.5 Å². The molecule has 0 radical (unpaired) electrons. The van der Waals surface area contributed by atoms with E-state index in [4.69, 9.17) is 144 Å². The molecule has 8 rings (SSSR count). The normalized spacial score (nSPS) is 12.5. The number of ether oxygens (including phenoxy) is 1. The number of methoxy groups -OCH3 is 1. The van der Waals surface area contributed by atoms with Gasteiger partial charge in [0.05, 0.1) is 7.11 Å². The first-order valence-corrected chi connectivity index (χ1v) is 31.4. The first kappa shape index (κ1) is 67.6. The van der Waals surface area contributed by atoms with Crippen LogP contribution in [-0.4, -0.2) is 52.0 Å². The fraction of sp³-hybridized carbons (Fsp3) is 0.135. The summed E-state index contributed by atoms with van der Waals surface area (Å²) in [6.07, 6.45) is 11.5. The highest BCUT2D eigenvalue weighted by Gasteiger charge is 2.36. The van der Waals surface area contributed by atoms with E-state index in [1.165, 1.54) is 0 Å². The number of benzene rings is 5. The van der Waals surface area contributed by atoms with Gasteiger partial charge in [0.1, 0.15) is 5.75 Å². The van der Waals surface area contributed by atoms with Gasteiger partial charge in [0.25, 0.3) is 0 Å². The van der Waals surface area contributed by atoms with Crippen molar-refractivity contribution >= 4 is 271 Å². The Morgan fingerprint density at radius 3 is 0.875 bits per heavy atom. The van der Waals surface area contributed by atoms with E-state index >= 15 is 0 Å². The summed E-state index contributed by atoms with van der Waals surface area (Å²) in [4.78, 5) is 38.0. The van der Waals surface area contributed by atoms with Crippen LogP contribution in [0.4, 0.5) is 0 Å². The van der Waals surface area contributed by atoms with Gasteiger partial charge < -0.3 is 4.74 Å². The molecule has 0 unspecified atom stereocenters. The highest BCUT2D eigenvalue weighted by atomic mass is 80.0. The molecule has 8 aromatic rings. The Morgan fingerprint density at radius 1 is 0.312 bits per heavy atom. The van der Waals surface area contributed by atoms with Gasteiger partial charge in [-0.2, -0.15) is 0 Å². The van der Waals surface area contributed by atoms with Gasteiger partial charge in [-0.05, 0) is 46.0 Å². The second-order valence-electron chi connectivity index (χ2n) is 15.8. The number of nitrogens with zero attached hydrogens (tertiary/aromatic N) is 9. The topological polar surface area (TPSA) is 125 Å². The number of hydrogen-bond acceptors (Lipinski definition) is 10. The van der Waals surface area contributed by atoms with Crippen LogP contribution in [-0.2, 0) is 19.5 Å². The van der Waals surface area contributed by atoms with E-state index in [0.717, 1.165) is 39.1 Å². The molecule has 3 aromatic heterocycles. The minimum atomic E-state index is -1.89. The molecular weight excluding hydrogens is 1670 g/mol. The maximum absolute atomic E-state index is 5.90. The van der Waals surface area contributed by atoms with Crippen LogP contribution in [0.25, 0.3) is 59.2 Å². The van der Waals surface area contributed by atoms with Gasteiger partial charge >= 0.3 is 0 Å². The Bertz CT molecular complexity index is 3170. The lowest BCUT2D eigenvalue weighted by atomic mass is 10.1. The molecule has 0 N–H and O–H groups in total. The van der Waals surface area contributed by atoms with Crippen LogP contribution in [0.15, 0.2) is 133 Å². The highest BCUT2D eigenvalue weighted by molar-refractivity contribution is 9.39. The Labute approximate surface area is 570 Å². The molecule has 0 fully saturated rings.